The van der Waals surface area contributed by atoms with Crippen molar-refractivity contribution in [1.82, 2.24) is 0 Å². The van der Waals surface area contributed by atoms with Crippen molar-refractivity contribution in [2.75, 3.05) is 4.90 Å². The van der Waals surface area contributed by atoms with Gasteiger partial charge in [-0.1, -0.05) is 102 Å². The SMILES string of the molecule is Oc1ccc(Cc2c(Cl)cc(N(Cc3ccccc3)Cc3ccccc3)cc2Cl)cc1-c1cccc(OC(F)F)c1. The molecule has 3 nitrogen and oxygen atoms in total. The predicted octanol–water partition coefficient (Wildman–Crippen LogP) is 9.76. The van der Waals surface area contributed by atoms with E-state index in [1.54, 1.807) is 30.3 Å². The Bertz CT molecular complexity index is 1550. The molecule has 0 unspecified atom stereocenters. The van der Waals surface area contributed by atoms with Gasteiger partial charge >= 0.3 is 6.61 Å². The topological polar surface area (TPSA) is 32.7 Å². The summed E-state index contributed by atoms with van der Waals surface area (Å²) in [6.45, 7) is -1.58. The summed E-state index contributed by atoms with van der Waals surface area (Å²) in [4.78, 5) is 2.24. The Balaban J connectivity index is 1.43. The van der Waals surface area contributed by atoms with Crippen molar-refractivity contribution in [3.05, 3.63) is 148 Å². The van der Waals surface area contributed by atoms with Crippen molar-refractivity contribution in [3.8, 4) is 22.6 Å². The van der Waals surface area contributed by atoms with Crippen LogP contribution >= 0.6 is 23.2 Å². The van der Waals surface area contributed by atoms with E-state index in [9.17, 15) is 13.9 Å². The van der Waals surface area contributed by atoms with Crippen LogP contribution < -0.4 is 9.64 Å². The van der Waals surface area contributed by atoms with Gasteiger partial charge < -0.3 is 14.7 Å². The number of anilines is 1. The minimum Gasteiger partial charge on any atom is -0.507 e. The Morgan fingerprint density at radius 1 is 0.683 bits per heavy atom. The zero-order valence-electron chi connectivity index (χ0n) is 22.0. The number of halogens is 4. The molecular formula is C34H27Cl2F2NO2. The molecule has 0 fully saturated rings. The molecule has 0 aliphatic rings. The van der Waals surface area contributed by atoms with Crippen LogP contribution in [0.3, 0.4) is 0 Å². The maximum atomic E-state index is 12.7. The third kappa shape index (κ3) is 7.37. The number of hydrogen-bond donors (Lipinski definition) is 1. The molecule has 5 aromatic rings. The van der Waals surface area contributed by atoms with Crippen molar-refractivity contribution in [2.45, 2.75) is 26.1 Å². The molecule has 0 aromatic heterocycles. The molecule has 0 radical (unpaired) electrons. The maximum absolute atomic E-state index is 12.7. The van der Waals surface area contributed by atoms with E-state index in [-0.39, 0.29) is 11.5 Å². The average Bonchev–Trinajstić information content (AvgIpc) is 2.96. The van der Waals surface area contributed by atoms with Crippen molar-refractivity contribution in [2.24, 2.45) is 0 Å². The van der Waals surface area contributed by atoms with Crippen molar-refractivity contribution in [3.63, 3.8) is 0 Å². The molecule has 208 valence electrons. The molecule has 0 amide bonds. The fourth-order valence-corrected chi connectivity index (χ4v) is 5.36. The van der Waals surface area contributed by atoms with Gasteiger partial charge in [-0.15, -0.1) is 0 Å². The van der Waals surface area contributed by atoms with Gasteiger partial charge in [-0.3, -0.25) is 0 Å². The normalized spacial score (nSPS) is 11.0. The molecule has 7 heteroatoms. The highest BCUT2D eigenvalue weighted by Crippen LogP contribution is 2.37. The van der Waals surface area contributed by atoms with Crippen molar-refractivity contribution >= 4 is 28.9 Å². The highest BCUT2D eigenvalue weighted by atomic mass is 35.5. The van der Waals surface area contributed by atoms with E-state index >= 15 is 0 Å². The minimum atomic E-state index is -2.94. The standard InChI is InChI=1S/C34H27Cl2F2NO2/c35-31-19-27(39(21-23-8-3-1-4-9-23)22-24-10-5-2-6-11-24)20-32(36)30(31)17-25-14-15-33(40)29(16-25)26-12-7-13-28(18-26)41-34(37)38/h1-16,18-20,34,40H,17,21-22H2. The summed E-state index contributed by atoms with van der Waals surface area (Å²) >= 11 is 13.7. The van der Waals surface area contributed by atoms with Gasteiger partial charge in [0.25, 0.3) is 0 Å². The number of aromatic hydroxyl groups is 1. The lowest BCUT2D eigenvalue weighted by molar-refractivity contribution is -0.0498. The molecule has 0 saturated heterocycles. The second kappa shape index (κ2) is 13.1. The molecule has 0 atom stereocenters. The molecule has 5 aromatic carbocycles. The van der Waals surface area contributed by atoms with Crippen LogP contribution in [0.5, 0.6) is 11.5 Å². The summed E-state index contributed by atoms with van der Waals surface area (Å²) in [6, 6.07) is 35.7. The monoisotopic (exact) mass is 589 g/mol. The lowest BCUT2D eigenvalue weighted by Crippen LogP contribution is -2.22. The first-order valence-electron chi connectivity index (χ1n) is 13.0. The van der Waals surface area contributed by atoms with Gasteiger partial charge in [0.15, 0.2) is 0 Å². The molecule has 1 N–H and O–H groups in total. The van der Waals surface area contributed by atoms with Crippen molar-refractivity contribution in [1.29, 1.82) is 0 Å². The predicted molar refractivity (Wildman–Crippen MR) is 162 cm³/mol. The second-order valence-corrected chi connectivity index (χ2v) is 10.5. The van der Waals surface area contributed by atoms with Gasteiger partial charge in [-0.25, -0.2) is 0 Å². The number of ether oxygens (including phenoxy) is 1. The highest BCUT2D eigenvalue weighted by Gasteiger charge is 2.16. The molecule has 0 saturated carbocycles. The van der Waals surface area contributed by atoms with Crippen LogP contribution in [0.25, 0.3) is 11.1 Å². The zero-order valence-corrected chi connectivity index (χ0v) is 23.5. The summed E-state index contributed by atoms with van der Waals surface area (Å²) in [7, 11) is 0. The molecule has 0 heterocycles. The van der Waals surface area contributed by atoms with Crippen LogP contribution in [0.1, 0.15) is 22.3 Å². The first-order chi connectivity index (χ1) is 19.9. The lowest BCUT2D eigenvalue weighted by Gasteiger charge is -2.26. The number of phenols is 1. The largest absolute Gasteiger partial charge is 0.507 e. The second-order valence-electron chi connectivity index (χ2n) is 9.65. The fourth-order valence-electron chi connectivity index (χ4n) is 4.76. The van der Waals surface area contributed by atoms with Crippen LogP contribution in [0.4, 0.5) is 14.5 Å². The van der Waals surface area contributed by atoms with E-state index in [1.807, 2.05) is 48.5 Å². The average molecular weight is 590 g/mol. The first kappa shape index (κ1) is 28.5. The third-order valence-corrected chi connectivity index (χ3v) is 7.41. The maximum Gasteiger partial charge on any atom is 0.387 e. The number of benzene rings is 5. The Morgan fingerprint density at radius 2 is 1.29 bits per heavy atom. The van der Waals surface area contributed by atoms with Crippen LogP contribution in [0.15, 0.2) is 115 Å². The molecule has 5 rings (SSSR count). The van der Waals surface area contributed by atoms with Crippen LogP contribution in [0, 0.1) is 0 Å². The van der Waals surface area contributed by atoms with E-state index in [2.05, 4.69) is 33.9 Å². The number of nitrogens with zero attached hydrogens (tertiary/aromatic N) is 1. The smallest absolute Gasteiger partial charge is 0.387 e. The zero-order chi connectivity index (χ0) is 28.8. The van der Waals surface area contributed by atoms with Gasteiger partial charge in [0.05, 0.1) is 0 Å². The van der Waals surface area contributed by atoms with E-state index in [0.717, 1.165) is 16.8 Å². The van der Waals surface area contributed by atoms with Crippen LogP contribution in [-0.2, 0) is 19.5 Å². The molecule has 0 aliphatic carbocycles. The molecular weight excluding hydrogens is 563 g/mol. The van der Waals surface area contributed by atoms with Gasteiger partial charge in [0, 0.05) is 40.8 Å². The molecule has 0 spiro atoms. The quantitative estimate of drug-likeness (QED) is 0.176. The molecule has 0 bridgehead atoms. The summed E-state index contributed by atoms with van der Waals surface area (Å²) in [6.07, 6.45) is 0.413. The van der Waals surface area contributed by atoms with E-state index in [4.69, 9.17) is 23.2 Å². The number of alkyl halides is 2. The highest BCUT2D eigenvalue weighted by molar-refractivity contribution is 6.36. The van der Waals surface area contributed by atoms with Gasteiger partial charge in [0.1, 0.15) is 11.5 Å². The van der Waals surface area contributed by atoms with Crippen LogP contribution in [0.2, 0.25) is 10.0 Å². The van der Waals surface area contributed by atoms with Crippen molar-refractivity contribution < 1.29 is 18.6 Å². The summed E-state index contributed by atoms with van der Waals surface area (Å²) in [5.41, 5.74) is 5.87. The van der Waals surface area contributed by atoms with E-state index < -0.39 is 6.61 Å². The van der Waals surface area contributed by atoms with Crippen LogP contribution in [-0.4, -0.2) is 11.7 Å². The Morgan fingerprint density at radius 3 is 1.88 bits per heavy atom. The number of phenolic OH excluding ortho intramolecular Hbond substituents is 1. The first-order valence-corrected chi connectivity index (χ1v) is 13.8. The van der Waals surface area contributed by atoms with E-state index in [0.29, 0.717) is 40.7 Å². The minimum absolute atomic E-state index is 0.0135. The lowest BCUT2D eigenvalue weighted by atomic mass is 9.97. The van der Waals surface area contributed by atoms with Gasteiger partial charge in [-0.2, -0.15) is 8.78 Å². The summed E-state index contributed by atoms with van der Waals surface area (Å²) in [5.74, 6) is 0.0347. The Hall–Kier alpha value is -4.06. The third-order valence-electron chi connectivity index (χ3n) is 6.74. The summed E-state index contributed by atoms with van der Waals surface area (Å²) < 4.78 is 30.0. The Kier molecular flexibility index (Phi) is 9.07. The van der Waals surface area contributed by atoms with Gasteiger partial charge in [-0.05, 0) is 64.2 Å². The fraction of sp³-hybridized carbons (Fsp3) is 0.118. The molecule has 0 aliphatic heterocycles. The number of rotatable bonds is 10. The molecule has 41 heavy (non-hydrogen) atoms. The summed E-state index contributed by atoms with van der Waals surface area (Å²) in [5, 5.41) is 11.6. The number of hydrogen-bond acceptors (Lipinski definition) is 3. The van der Waals surface area contributed by atoms with E-state index in [1.165, 1.54) is 23.3 Å². The Labute approximate surface area is 248 Å². The van der Waals surface area contributed by atoms with Gasteiger partial charge in [0.2, 0.25) is 0 Å².